The van der Waals surface area contributed by atoms with Crippen LogP contribution in [0, 0.1) is 6.92 Å². The second kappa shape index (κ2) is 6.52. The molecule has 0 aliphatic carbocycles. The minimum Gasteiger partial charge on any atom is -0.388 e. The van der Waals surface area contributed by atoms with Crippen LogP contribution in [-0.2, 0) is 27.0 Å². The summed E-state index contributed by atoms with van der Waals surface area (Å²) in [5, 5.41) is 3.94. The molecule has 2 aromatic heterocycles. The van der Waals surface area contributed by atoms with Crippen LogP contribution in [0.15, 0.2) is 18.2 Å². The highest BCUT2D eigenvalue weighted by Crippen LogP contribution is 2.47. The highest BCUT2D eigenvalue weighted by molar-refractivity contribution is 8.07. The van der Waals surface area contributed by atoms with Gasteiger partial charge < -0.3 is 13.6 Å². The average molecular weight is 368 g/mol. The SMILES string of the molecule is COP(=S)(OC)Oc1nc(C)n(-c2cccc(C(F)(F)F)n2)n1. The van der Waals surface area contributed by atoms with Crippen LogP contribution in [0.4, 0.5) is 13.2 Å². The summed E-state index contributed by atoms with van der Waals surface area (Å²) in [7, 11) is 2.62. The Balaban J connectivity index is 2.37. The van der Waals surface area contributed by atoms with E-state index in [0.29, 0.717) is 0 Å². The van der Waals surface area contributed by atoms with Crippen molar-refractivity contribution in [2.24, 2.45) is 0 Å². The lowest BCUT2D eigenvalue weighted by Gasteiger charge is -2.15. The second-order valence-electron chi connectivity index (χ2n) is 4.14. The Labute approximate surface area is 134 Å². The van der Waals surface area contributed by atoms with Crippen LogP contribution in [0.25, 0.3) is 5.82 Å². The Bertz CT molecular complexity index is 744. The van der Waals surface area contributed by atoms with Crippen molar-refractivity contribution in [1.82, 2.24) is 19.7 Å². The van der Waals surface area contributed by atoms with E-state index in [1.807, 2.05) is 0 Å². The number of halogens is 3. The predicted molar refractivity (Wildman–Crippen MR) is 77.8 cm³/mol. The third-order valence-corrected chi connectivity index (χ3v) is 5.03. The van der Waals surface area contributed by atoms with Crippen molar-refractivity contribution in [2.75, 3.05) is 14.2 Å². The molecule has 0 aromatic carbocycles. The van der Waals surface area contributed by atoms with E-state index in [2.05, 4.69) is 15.1 Å². The number of rotatable bonds is 5. The van der Waals surface area contributed by atoms with Gasteiger partial charge in [0.25, 0.3) is 0 Å². The fourth-order valence-corrected chi connectivity index (χ4v) is 2.35. The monoisotopic (exact) mass is 368 g/mol. The van der Waals surface area contributed by atoms with Crippen LogP contribution in [-0.4, -0.2) is 34.0 Å². The molecule has 2 heterocycles. The molecule has 0 spiro atoms. The van der Waals surface area contributed by atoms with Gasteiger partial charge in [0.2, 0.25) is 0 Å². The Morgan fingerprint density at radius 2 is 1.83 bits per heavy atom. The van der Waals surface area contributed by atoms with Gasteiger partial charge in [-0.15, -0.1) is 5.10 Å². The third-order valence-electron chi connectivity index (χ3n) is 2.63. The van der Waals surface area contributed by atoms with Crippen molar-refractivity contribution in [3.63, 3.8) is 0 Å². The number of nitrogens with zero attached hydrogens (tertiary/aromatic N) is 4. The number of alkyl halides is 3. The number of pyridine rings is 1. The summed E-state index contributed by atoms with van der Waals surface area (Å²) in [5.41, 5.74) is -1.04. The van der Waals surface area contributed by atoms with Crippen molar-refractivity contribution in [3.8, 4) is 11.8 Å². The number of aryl methyl sites for hydroxylation is 1. The zero-order valence-electron chi connectivity index (χ0n) is 12.2. The normalized spacial score (nSPS) is 12.4. The molecule has 0 radical (unpaired) electrons. The van der Waals surface area contributed by atoms with Gasteiger partial charge in [0.1, 0.15) is 11.5 Å². The third kappa shape index (κ3) is 4.05. The van der Waals surface area contributed by atoms with Gasteiger partial charge in [-0.1, -0.05) is 6.07 Å². The first-order valence-electron chi connectivity index (χ1n) is 6.08. The molecular weight excluding hydrogens is 356 g/mol. The van der Waals surface area contributed by atoms with Gasteiger partial charge in [-0.05, 0) is 19.1 Å². The second-order valence-corrected chi connectivity index (χ2v) is 7.28. The zero-order chi connectivity index (χ0) is 17.3. The van der Waals surface area contributed by atoms with Crippen LogP contribution in [0.5, 0.6) is 6.01 Å². The summed E-state index contributed by atoms with van der Waals surface area (Å²) in [6.45, 7) is -1.51. The minimum absolute atomic E-state index is 0.0530. The predicted octanol–water partition coefficient (Wildman–Crippen LogP) is 2.89. The topological polar surface area (TPSA) is 71.3 Å². The van der Waals surface area contributed by atoms with E-state index in [9.17, 15) is 13.2 Å². The Morgan fingerprint density at radius 1 is 1.17 bits per heavy atom. The summed E-state index contributed by atoms with van der Waals surface area (Å²) in [4.78, 5) is 7.49. The van der Waals surface area contributed by atoms with Gasteiger partial charge in [-0.25, -0.2) is 4.98 Å². The summed E-state index contributed by atoms with van der Waals surface area (Å²) in [5.74, 6) is 0.211. The molecule has 0 bridgehead atoms. The lowest BCUT2D eigenvalue weighted by molar-refractivity contribution is -0.141. The van der Waals surface area contributed by atoms with E-state index < -0.39 is 18.6 Å². The smallest absolute Gasteiger partial charge is 0.388 e. The summed E-state index contributed by atoms with van der Waals surface area (Å²) in [6.07, 6.45) is -4.56. The average Bonchev–Trinajstić information content (AvgIpc) is 2.86. The molecule has 7 nitrogen and oxygen atoms in total. The molecule has 23 heavy (non-hydrogen) atoms. The van der Waals surface area contributed by atoms with Crippen molar-refractivity contribution < 1.29 is 26.7 Å². The molecular formula is C11H12F3N4O3PS. The fraction of sp³-hybridized carbons (Fsp3) is 0.364. The maximum Gasteiger partial charge on any atom is 0.433 e. The molecule has 0 saturated heterocycles. The van der Waals surface area contributed by atoms with Gasteiger partial charge in [-0.2, -0.15) is 22.8 Å². The zero-order valence-corrected chi connectivity index (χ0v) is 13.9. The van der Waals surface area contributed by atoms with Crippen molar-refractivity contribution in [2.45, 2.75) is 13.1 Å². The van der Waals surface area contributed by atoms with Crippen molar-refractivity contribution in [1.29, 1.82) is 0 Å². The van der Waals surface area contributed by atoms with Crippen LogP contribution in [0.3, 0.4) is 0 Å². The molecule has 0 aliphatic rings. The maximum absolute atomic E-state index is 12.7. The number of aromatic nitrogens is 4. The Morgan fingerprint density at radius 3 is 2.39 bits per heavy atom. The molecule has 12 heteroatoms. The van der Waals surface area contributed by atoms with E-state index in [1.165, 1.54) is 33.3 Å². The van der Waals surface area contributed by atoms with Gasteiger partial charge in [0.15, 0.2) is 5.82 Å². The van der Waals surface area contributed by atoms with Crippen LogP contribution >= 0.6 is 6.72 Å². The quantitative estimate of drug-likeness (QED) is 0.752. The van der Waals surface area contributed by atoms with Crippen molar-refractivity contribution in [3.05, 3.63) is 29.7 Å². The number of hydrogen-bond donors (Lipinski definition) is 0. The Hall–Kier alpha value is -1.55. The lowest BCUT2D eigenvalue weighted by atomic mass is 10.3. The lowest BCUT2D eigenvalue weighted by Crippen LogP contribution is -2.11. The molecule has 0 atom stereocenters. The highest BCUT2D eigenvalue weighted by Gasteiger charge is 2.33. The molecule has 2 aromatic rings. The van der Waals surface area contributed by atoms with Gasteiger partial charge in [0, 0.05) is 26.0 Å². The van der Waals surface area contributed by atoms with Crippen LogP contribution in [0.2, 0.25) is 0 Å². The summed E-state index contributed by atoms with van der Waals surface area (Å²) < 4.78 is 54.4. The highest BCUT2D eigenvalue weighted by atomic mass is 32.5. The van der Waals surface area contributed by atoms with Gasteiger partial charge in [-0.3, -0.25) is 0 Å². The minimum atomic E-state index is -4.56. The molecule has 2 rings (SSSR count). The molecule has 0 N–H and O–H groups in total. The first-order chi connectivity index (χ1) is 10.7. The molecule has 0 fully saturated rings. The molecule has 0 amide bonds. The largest absolute Gasteiger partial charge is 0.433 e. The first-order valence-corrected chi connectivity index (χ1v) is 8.63. The van der Waals surface area contributed by atoms with Gasteiger partial charge >= 0.3 is 18.9 Å². The van der Waals surface area contributed by atoms with E-state index in [1.54, 1.807) is 0 Å². The van der Waals surface area contributed by atoms with E-state index in [4.69, 9.17) is 25.4 Å². The molecule has 0 aliphatic heterocycles. The number of hydrogen-bond acceptors (Lipinski definition) is 7. The van der Waals surface area contributed by atoms with Crippen LogP contribution < -0.4 is 4.52 Å². The fourth-order valence-electron chi connectivity index (χ4n) is 1.57. The van der Waals surface area contributed by atoms with E-state index in [-0.39, 0.29) is 17.7 Å². The van der Waals surface area contributed by atoms with E-state index >= 15 is 0 Å². The standard InChI is InChI=1S/C11H12F3N4O3PS/c1-7-15-10(21-22(23,19-2)20-3)17-18(7)9-6-4-5-8(16-9)11(12,13)14/h4-6H,1-3H3. The molecule has 0 unspecified atom stereocenters. The Kier molecular flexibility index (Phi) is 5.04. The first kappa shape index (κ1) is 17.8. The summed E-state index contributed by atoms with van der Waals surface area (Å²) in [6, 6.07) is 3.28. The molecule has 126 valence electrons. The summed E-state index contributed by atoms with van der Waals surface area (Å²) >= 11 is 5.02. The molecule has 0 saturated carbocycles. The maximum atomic E-state index is 12.7. The van der Waals surface area contributed by atoms with Gasteiger partial charge in [0.05, 0.1) is 0 Å². The van der Waals surface area contributed by atoms with E-state index in [0.717, 1.165) is 10.7 Å². The van der Waals surface area contributed by atoms with Crippen LogP contribution in [0.1, 0.15) is 11.5 Å². The van der Waals surface area contributed by atoms with Crippen molar-refractivity contribution >= 4 is 18.5 Å².